The van der Waals surface area contributed by atoms with Crippen LogP contribution in [0.2, 0.25) is 5.02 Å². The number of carbonyl (C=O) groups is 2. The molecule has 7 heteroatoms. The Bertz CT molecular complexity index is 578. The first-order valence-corrected chi connectivity index (χ1v) is 6.73. The number of ether oxygens (including phenoxy) is 1. The van der Waals surface area contributed by atoms with Gasteiger partial charge in [0.2, 0.25) is 5.91 Å². The molecule has 2 N–H and O–H groups in total. The topological polar surface area (TPSA) is 75.9 Å². The van der Waals surface area contributed by atoms with E-state index in [9.17, 15) is 9.59 Å². The number of amides is 3. The van der Waals surface area contributed by atoms with E-state index in [0.29, 0.717) is 36.2 Å². The molecule has 1 saturated heterocycles. The molecule has 1 fully saturated rings. The molecule has 106 valence electrons. The van der Waals surface area contributed by atoms with Crippen molar-refractivity contribution in [2.45, 2.75) is 12.5 Å². The molecule has 0 bridgehead atoms. The van der Waals surface area contributed by atoms with Crippen molar-refractivity contribution in [1.82, 2.24) is 4.90 Å². The first-order chi connectivity index (χ1) is 9.56. The van der Waals surface area contributed by atoms with E-state index < -0.39 is 5.91 Å². The molecule has 20 heavy (non-hydrogen) atoms. The highest BCUT2D eigenvalue weighted by Crippen LogP contribution is 2.39. The summed E-state index contributed by atoms with van der Waals surface area (Å²) in [6, 6.07) is 5.02. The van der Waals surface area contributed by atoms with Gasteiger partial charge in [0.25, 0.3) is 0 Å². The number of rotatable bonds is 3. The Hall–Kier alpha value is -1.95. The number of hydrogen-bond donors (Lipinski definition) is 1. The minimum absolute atomic E-state index is 0.0543. The van der Waals surface area contributed by atoms with Gasteiger partial charge >= 0.3 is 6.03 Å². The molecule has 3 amide bonds. The first kappa shape index (κ1) is 13.1. The van der Waals surface area contributed by atoms with Crippen molar-refractivity contribution in [3.05, 3.63) is 23.2 Å². The van der Waals surface area contributed by atoms with Crippen LogP contribution in [0.25, 0.3) is 0 Å². The van der Waals surface area contributed by atoms with Gasteiger partial charge in [-0.05, 0) is 18.2 Å². The predicted molar refractivity (Wildman–Crippen MR) is 74.0 cm³/mol. The molecule has 2 aliphatic heterocycles. The molecule has 0 aliphatic carbocycles. The maximum Gasteiger partial charge on any atom is 0.325 e. The summed E-state index contributed by atoms with van der Waals surface area (Å²) in [5.41, 5.74) is 5.81. The van der Waals surface area contributed by atoms with Crippen molar-refractivity contribution in [2.75, 3.05) is 24.6 Å². The molecule has 6 nitrogen and oxygen atoms in total. The Morgan fingerprint density at radius 1 is 1.50 bits per heavy atom. The fraction of sp³-hybridized carbons (Fsp3) is 0.385. The van der Waals surface area contributed by atoms with Gasteiger partial charge in [0.15, 0.2) is 0 Å². The molecule has 1 aromatic rings. The number of nitrogens with two attached hydrogens (primary N) is 1. The number of urea groups is 1. The molecule has 1 atom stereocenters. The van der Waals surface area contributed by atoms with Gasteiger partial charge in [0.1, 0.15) is 12.4 Å². The van der Waals surface area contributed by atoms with Gasteiger partial charge < -0.3 is 15.4 Å². The Labute approximate surface area is 121 Å². The lowest BCUT2D eigenvalue weighted by molar-refractivity contribution is -0.118. The zero-order valence-electron chi connectivity index (χ0n) is 10.7. The highest BCUT2D eigenvalue weighted by Gasteiger charge is 2.42. The summed E-state index contributed by atoms with van der Waals surface area (Å²) in [4.78, 5) is 26.6. The van der Waals surface area contributed by atoms with Gasteiger partial charge in [-0.3, -0.25) is 9.69 Å². The monoisotopic (exact) mass is 295 g/mol. The molecule has 2 heterocycles. The van der Waals surface area contributed by atoms with Crippen LogP contribution in [0.4, 0.5) is 10.5 Å². The Morgan fingerprint density at radius 2 is 2.30 bits per heavy atom. The summed E-state index contributed by atoms with van der Waals surface area (Å²) in [6.07, 6.45) is 0.162. The summed E-state index contributed by atoms with van der Waals surface area (Å²) >= 11 is 5.99. The minimum Gasteiger partial charge on any atom is -0.489 e. The molecule has 2 aliphatic rings. The lowest BCUT2D eigenvalue weighted by atomic mass is 10.2. The molecule has 0 saturated carbocycles. The van der Waals surface area contributed by atoms with Crippen molar-refractivity contribution < 1.29 is 14.3 Å². The minimum atomic E-state index is -0.414. The summed E-state index contributed by atoms with van der Waals surface area (Å²) in [7, 11) is 0. The number of hydrogen-bond acceptors (Lipinski definition) is 3. The van der Waals surface area contributed by atoms with Crippen LogP contribution in [0, 0.1) is 0 Å². The van der Waals surface area contributed by atoms with E-state index in [-0.39, 0.29) is 18.5 Å². The zero-order valence-corrected chi connectivity index (χ0v) is 11.5. The largest absolute Gasteiger partial charge is 0.489 e. The number of primary amides is 1. The zero-order chi connectivity index (χ0) is 14.3. The molecule has 3 rings (SSSR count). The Morgan fingerprint density at radius 3 is 3.05 bits per heavy atom. The number of nitrogens with zero attached hydrogens (tertiary/aromatic N) is 2. The summed E-state index contributed by atoms with van der Waals surface area (Å²) in [5, 5.41) is 0.552. The lowest BCUT2D eigenvalue weighted by Crippen LogP contribution is -2.41. The Balaban J connectivity index is 1.86. The van der Waals surface area contributed by atoms with Gasteiger partial charge in [-0.1, -0.05) is 11.6 Å². The van der Waals surface area contributed by atoms with Gasteiger partial charge in [0.05, 0.1) is 11.7 Å². The normalized spacial score (nSPS) is 20.4. The van der Waals surface area contributed by atoms with Crippen molar-refractivity contribution in [3.8, 4) is 5.75 Å². The standard InChI is InChI=1S/C13H14ClN3O3/c14-8-1-2-11-10(5-8)17-9(7-20-11)6-16(13(17)19)4-3-12(15)18/h1-2,5,9H,3-4,6-7H2,(H2,15,18). The smallest absolute Gasteiger partial charge is 0.325 e. The molecule has 0 radical (unpaired) electrons. The molecule has 1 unspecified atom stereocenters. The van der Waals surface area contributed by atoms with Crippen LogP contribution in [0.3, 0.4) is 0 Å². The number of halogens is 1. The van der Waals surface area contributed by atoms with E-state index >= 15 is 0 Å². The van der Waals surface area contributed by atoms with Gasteiger partial charge in [-0.2, -0.15) is 0 Å². The quantitative estimate of drug-likeness (QED) is 0.911. The average molecular weight is 296 g/mol. The highest BCUT2D eigenvalue weighted by molar-refractivity contribution is 6.31. The van der Waals surface area contributed by atoms with Gasteiger partial charge in [-0.15, -0.1) is 0 Å². The van der Waals surface area contributed by atoms with E-state index in [4.69, 9.17) is 22.1 Å². The molecule has 0 spiro atoms. The second kappa shape index (κ2) is 4.86. The van der Waals surface area contributed by atoms with Crippen LogP contribution in [0.1, 0.15) is 6.42 Å². The third-order valence-corrected chi connectivity index (χ3v) is 3.75. The second-order valence-electron chi connectivity index (χ2n) is 4.89. The van der Waals surface area contributed by atoms with Gasteiger partial charge in [-0.25, -0.2) is 4.79 Å². The predicted octanol–water partition coefficient (Wildman–Crippen LogP) is 1.22. The summed E-state index contributed by atoms with van der Waals surface area (Å²) < 4.78 is 5.64. The van der Waals surface area contributed by atoms with Crippen molar-refractivity contribution in [3.63, 3.8) is 0 Å². The van der Waals surface area contributed by atoms with E-state index in [1.54, 1.807) is 28.0 Å². The van der Waals surface area contributed by atoms with E-state index in [1.165, 1.54) is 0 Å². The van der Waals surface area contributed by atoms with Crippen LogP contribution in [0.15, 0.2) is 18.2 Å². The third-order valence-electron chi connectivity index (χ3n) is 3.51. The number of benzene rings is 1. The number of fused-ring (bicyclic) bond motifs is 3. The lowest BCUT2D eigenvalue weighted by Gasteiger charge is -2.30. The van der Waals surface area contributed by atoms with Crippen molar-refractivity contribution >= 4 is 29.2 Å². The van der Waals surface area contributed by atoms with E-state index in [0.717, 1.165) is 0 Å². The van der Waals surface area contributed by atoms with Crippen LogP contribution >= 0.6 is 11.6 Å². The highest BCUT2D eigenvalue weighted by atomic mass is 35.5. The molecule has 0 aromatic heterocycles. The maximum absolute atomic E-state index is 12.4. The number of carbonyl (C=O) groups excluding carboxylic acids is 2. The fourth-order valence-electron chi connectivity index (χ4n) is 2.57. The number of anilines is 1. The summed E-state index contributed by atoms with van der Waals surface area (Å²) in [5.74, 6) is 0.234. The van der Waals surface area contributed by atoms with E-state index in [2.05, 4.69) is 0 Å². The van der Waals surface area contributed by atoms with Crippen LogP contribution in [0.5, 0.6) is 5.75 Å². The van der Waals surface area contributed by atoms with E-state index in [1.807, 2.05) is 0 Å². The molecule has 1 aromatic carbocycles. The molecular weight excluding hydrogens is 282 g/mol. The van der Waals surface area contributed by atoms with Crippen LogP contribution < -0.4 is 15.4 Å². The second-order valence-corrected chi connectivity index (χ2v) is 5.33. The fourth-order valence-corrected chi connectivity index (χ4v) is 2.73. The van der Waals surface area contributed by atoms with Crippen molar-refractivity contribution in [2.24, 2.45) is 5.73 Å². The maximum atomic E-state index is 12.4. The van der Waals surface area contributed by atoms with Crippen LogP contribution in [-0.4, -0.2) is 42.6 Å². The molecular formula is C13H14ClN3O3. The first-order valence-electron chi connectivity index (χ1n) is 6.35. The summed E-state index contributed by atoms with van der Waals surface area (Å²) in [6.45, 7) is 1.29. The van der Waals surface area contributed by atoms with Crippen molar-refractivity contribution in [1.29, 1.82) is 0 Å². The van der Waals surface area contributed by atoms with Gasteiger partial charge in [0, 0.05) is 24.5 Å². The SMILES string of the molecule is NC(=O)CCN1CC2COc3ccc(Cl)cc3N2C1=O. The average Bonchev–Trinajstić information content (AvgIpc) is 2.73. The van der Waals surface area contributed by atoms with Crippen LogP contribution in [-0.2, 0) is 4.79 Å². The Kier molecular flexibility index (Phi) is 3.17. The third kappa shape index (κ3) is 2.16.